The standard InChI is InChI=1S/C15H16N4O2/c16-15(21)10-7-14(20)19(9-10)6-5-11-8-17-12-3-1-2-4-13(12)18-11/h1-4,8,10H,5-7,9H2,(H2,16,21). The largest absolute Gasteiger partial charge is 0.369 e. The molecular formula is C15H16N4O2. The Morgan fingerprint density at radius 1 is 1.33 bits per heavy atom. The number of primary amides is 1. The maximum atomic E-state index is 11.8. The molecule has 1 fully saturated rings. The molecule has 1 aromatic carbocycles. The van der Waals surface area contributed by atoms with Gasteiger partial charge in [-0.2, -0.15) is 0 Å². The lowest BCUT2D eigenvalue weighted by Gasteiger charge is -2.15. The number of fused-ring (bicyclic) bond motifs is 1. The van der Waals surface area contributed by atoms with Gasteiger partial charge in [0.15, 0.2) is 0 Å². The summed E-state index contributed by atoms with van der Waals surface area (Å²) >= 11 is 0. The molecule has 1 aliphatic rings. The van der Waals surface area contributed by atoms with Crippen molar-refractivity contribution in [2.24, 2.45) is 11.7 Å². The number of likely N-dealkylation sites (tertiary alicyclic amines) is 1. The third-order valence-corrected chi connectivity index (χ3v) is 3.75. The summed E-state index contributed by atoms with van der Waals surface area (Å²) in [5, 5.41) is 0. The molecule has 0 spiro atoms. The van der Waals surface area contributed by atoms with Crippen LogP contribution in [-0.2, 0) is 16.0 Å². The minimum absolute atomic E-state index is 0.0208. The SMILES string of the molecule is NC(=O)C1CC(=O)N(CCc2cnc3ccccc3n2)C1. The van der Waals surface area contributed by atoms with E-state index in [0.717, 1.165) is 16.7 Å². The number of para-hydroxylation sites is 2. The van der Waals surface area contributed by atoms with Crippen molar-refractivity contribution in [1.82, 2.24) is 14.9 Å². The number of hydrogen-bond donors (Lipinski definition) is 1. The Balaban J connectivity index is 1.66. The van der Waals surface area contributed by atoms with Crippen LogP contribution in [0.2, 0.25) is 0 Å². The normalized spacial score (nSPS) is 18.4. The number of carbonyl (C=O) groups is 2. The van der Waals surface area contributed by atoms with Crippen LogP contribution in [0.15, 0.2) is 30.5 Å². The summed E-state index contributed by atoms with van der Waals surface area (Å²) in [4.78, 5) is 33.5. The van der Waals surface area contributed by atoms with Gasteiger partial charge in [0.2, 0.25) is 11.8 Å². The van der Waals surface area contributed by atoms with Gasteiger partial charge in [-0.3, -0.25) is 14.6 Å². The van der Waals surface area contributed by atoms with E-state index in [9.17, 15) is 9.59 Å². The zero-order valence-electron chi connectivity index (χ0n) is 11.5. The molecule has 1 aliphatic heterocycles. The fourth-order valence-electron chi connectivity index (χ4n) is 2.54. The van der Waals surface area contributed by atoms with Crippen LogP contribution >= 0.6 is 0 Å². The Morgan fingerprint density at radius 2 is 2.10 bits per heavy atom. The molecule has 2 aromatic rings. The number of rotatable bonds is 4. The summed E-state index contributed by atoms with van der Waals surface area (Å²) in [6, 6.07) is 7.66. The third-order valence-electron chi connectivity index (χ3n) is 3.75. The first-order chi connectivity index (χ1) is 10.1. The summed E-state index contributed by atoms with van der Waals surface area (Å²) < 4.78 is 0. The number of hydrogen-bond acceptors (Lipinski definition) is 4. The van der Waals surface area contributed by atoms with Gasteiger partial charge in [0.25, 0.3) is 0 Å². The van der Waals surface area contributed by atoms with E-state index in [1.54, 1.807) is 11.1 Å². The lowest BCUT2D eigenvalue weighted by atomic mass is 10.1. The molecule has 108 valence electrons. The zero-order valence-corrected chi connectivity index (χ0v) is 11.5. The smallest absolute Gasteiger partial charge is 0.223 e. The molecule has 0 bridgehead atoms. The van der Waals surface area contributed by atoms with Gasteiger partial charge in [0.05, 0.1) is 22.6 Å². The minimum atomic E-state index is -0.406. The van der Waals surface area contributed by atoms with Crippen LogP contribution in [-0.4, -0.2) is 39.8 Å². The minimum Gasteiger partial charge on any atom is -0.369 e. The first kappa shape index (κ1) is 13.5. The van der Waals surface area contributed by atoms with Crippen LogP contribution in [0.3, 0.4) is 0 Å². The molecule has 2 heterocycles. The fraction of sp³-hybridized carbons (Fsp3) is 0.333. The van der Waals surface area contributed by atoms with Gasteiger partial charge in [-0.05, 0) is 12.1 Å². The van der Waals surface area contributed by atoms with Gasteiger partial charge in [0, 0.05) is 32.1 Å². The van der Waals surface area contributed by atoms with Crippen molar-refractivity contribution in [3.05, 3.63) is 36.2 Å². The van der Waals surface area contributed by atoms with Gasteiger partial charge in [0.1, 0.15) is 0 Å². The van der Waals surface area contributed by atoms with E-state index in [-0.39, 0.29) is 18.2 Å². The molecule has 2 amide bonds. The predicted octanol–water partition coefficient (Wildman–Crippen LogP) is 0.506. The quantitative estimate of drug-likeness (QED) is 0.885. The molecule has 2 N–H and O–H groups in total. The monoisotopic (exact) mass is 284 g/mol. The molecule has 1 aromatic heterocycles. The van der Waals surface area contributed by atoms with Crippen molar-refractivity contribution in [2.75, 3.05) is 13.1 Å². The lowest BCUT2D eigenvalue weighted by molar-refractivity contribution is -0.128. The van der Waals surface area contributed by atoms with Crippen LogP contribution in [0.1, 0.15) is 12.1 Å². The highest BCUT2D eigenvalue weighted by Gasteiger charge is 2.32. The van der Waals surface area contributed by atoms with Crippen molar-refractivity contribution in [2.45, 2.75) is 12.8 Å². The number of amides is 2. The second kappa shape index (κ2) is 5.47. The van der Waals surface area contributed by atoms with Crippen LogP contribution in [0.4, 0.5) is 0 Å². The topological polar surface area (TPSA) is 89.2 Å². The van der Waals surface area contributed by atoms with Crippen LogP contribution in [0.5, 0.6) is 0 Å². The Hall–Kier alpha value is -2.50. The first-order valence-electron chi connectivity index (χ1n) is 6.91. The molecule has 1 unspecified atom stereocenters. The van der Waals surface area contributed by atoms with Gasteiger partial charge in [-0.1, -0.05) is 12.1 Å². The van der Waals surface area contributed by atoms with Gasteiger partial charge in [-0.15, -0.1) is 0 Å². The average molecular weight is 284 g/mol. The number of carbonyl (C=O) groups excluding carboxylic acids is 2. The van der Waals surface area contributed by atoms with Crippen molar-refractivity contribution >= 4 is 22.8 Å². The van der Waals surface area contributed by atoms with E-state index in [0.29, 0.717) is 19.5 Å². The Kier molecular flexibility index (Phi) is 3.51. The van der Waals surface area contributed by atoms with Gasteiger partial charge < -0.3 is 10.6 Å². The van der Waals surface area contributed by atoms with Crippen molar-refractivity contribution in [3.8, 4) is 0 Å². The first-order valence-corrected chi connectivity index (χ1v) is 6.91. The second-order valence-electron chi connectivity index (χ2n) is 5.24. The van der Waals surface area contributed by atoms with Crippen LogP contribution in [0, 0.1) is 5.92 Å². The number of nitrogens with two attached hydrogens (primary N) is 1. The highest BCUT2D eigenvalue weighted by molar-refractivity contribution is 5.88. The lowest BCUT2D eigenvalue weighted by Crippen LogP contribution is -2.30. The predicted molar refractivity (Wildman–Crippen MR) is 77.1 cm³/mol. The Morgan fingerprint density at radius 3 is 2.81 bits per heavy atom. The molecule has 3 rings (SSSR count). The molecule has 0 radical (unpaired) electrons. The highest BCUT2D eigenvalue weighted by Crippen LogP contribution is 2.17. The Bertz CT molecular complexity index is 701. The van der Waals surface area contributed by atoms with E-state index in [1.165, 1.54) is 0 Å². The van der Waals surface area contributed by atoms with E-state index < -0.39 is 5.91 Å². The second-order valence-corrected chi connectivity index (χ2v) is 5.24. The fourth-order valence-corrected chi connectivity index (χ4v) is 2.54. The Labute approximate surface area is 122 Å². The molecule has 0 aliphatic carbocycles. The van der Waals surface area contributed by atoms with Crippen LogP contribution in [0.25, 0.3) is 11.0 Å². The maximum Gasteiger partial charge on any atom is 0.223 e. The third kappa shape index (κ3) is 2.84. The summed E-state index contributed by atoms with van der Waals surface area (Å²) in [5.74, 6) is -0.788. The van der Waals surface area contributed by atoms with E-state index >= 15 is 0 Å². The summed E-state index contributed by atoms with van der Waals surface area (Å²) in [6.07, 6.45) is 2.57. The molecule has 1 atom stereocenters. The van der Waals surface area contributed by atoms with E-state index in [1.807, 2.05) is 24.3 Å². The summed E-state index contributed by atoms with van der Waals surface area (Å²) in [7, 11) is 0. The number of benzene rings is 1. The highest BCUT2D eigenvalue weighted by atomic mass is 16.2. The summed E-state index contributed by atoms with van der Waals surface area (Å²) in [6.45, 7) is 0.949. The van der Waals surface area contributed by atoms with E-state index in [4.69, 9.17) is 5.73 Å². The average Bonchev–Trinajstić information content (AvgIpc) is 2.86. The van der Waals surface area contributed by atoms with Crippen molar-refractivity contribution in [1.29, 1.82) is 0 Å². The maximum absolute atomic E-state index is 11.8. The molecule has 0 saturated carbocycles. The number of nitrogens with zero attached hydrogens (tertiary/aromatic N) is 3. The van der Waals surface area contributed by atoms with Gasteiger partial charge >= 0.3 is 0 Å². The molecule has 6 nitrogen and oxygen atoms in total. The number of aromatic nitrogens is 2. The van der Waals surface area contributed by atoms with Crippen LogP contribution < -0.4 is 5.73 Å². The molecule has 6 heteroatoms. The zero-order chi connectivity index (χ0) is 14.8. The van der Waals surface area contributed by atoms with E-state index in [2.05, 4.69) is 9.97 Å². The van der Waals surface area contributed by atoms with Gasteiger partial charge in [-0.25, -0.2) is 4.98 Å². The summed E-state index contributed by atoms with van der Waals surface area (Å²) in [5.41, 5.74) is 7.79. The molecule has 1 saturated heterocycles. The molecular weight excluding hydrogens is 268 g/mol. The van der Waals surface area contributed by atoms with Crippen molar-refractivity contribution < 1.29 is 9.59 Å². The van der Waals surface area contributed by atoms with Crippen molar-refractivity contribution in [3.63, 3.8) is 0 Å². The molecule has 21 heavy (non-hydrogen) atoms.